The molecule has 0 aromatic carbocycles. The first-order chi connectivity index (χ1) is 11.3. The largest absolute Gasteiger partial charge is 0.367 e. The number of nitriles is 1. The van der Waals surface area contributed by atoms with E-state index in [2.05, 4.69) is 38.0 Å². The van der Waals surface area contributed by atoms with E-state index in [1.54, 1.807) is 12.4 Å². The number of hydrogen-bond acceptors (Lipinski definition) is 7. The molecule has 0 radical (unpaired) electrons. The van der Waals surface area contributed by atoms with Crippen molar-refractivity contribution in [2.75, 3.05) is 31.6 Å². The van der Waals surface area contributed by atoms with Crippen molar-refractivity contribution in [3.8, 4) is 6.07 Å². The molecule has 0 N–H and O–H groups in total. The molecule has 7 nitrogen and oxygen atoms in total. The number of nitrogens with zero attached hydrogens (tertiary/aromatic N) is 6. The Bertz CT molecular complexity index is 747. The normalized spacial score (nSPS) is 22.1. The summed E-state index contributed by atoms with van der Waals surface area (Å²) in [5, 5.41) is 13.4. The third kappa shape index (κ3) is 2.66. The zero-order valence-electron chi connectivity index (χ0n) is 13.0. The number of aromatic nitrogens is 3. The molecule has 23 heavy (non-hydrogen) atoms. The summed E-state index contributed by atoms with van der Waals surface area (Å²) in [5.74, 6) is 2.00. The Morgan fingerprint density at radius 3 is 3.00 bits per heavy atom. The Balaban J connectivity index is 1.58. The van der Waals surface area contributed by atoms with Gasteiger partial charge < -0.3 is 9.42 Å². The molecule has 0 amide bonds. The fraction of sp³-hybridized carbons (Fsp3) is 0.500. The van der Waals surface area contributed by atoms with Gasteiger partial charge in [0, 0.05) is 37.9 Å². The summed E-state index contributed by atoms with van der Waals surface area (Å²) in [6.45, 7) is 2.45. The third-order valence-corrected chi connectivity index (χ3v) is 4.59. The minimum absolute atomic E-state index is 0.0449. The second-order valence-electron chi connectivity index (χ2n) is 6.21. The Morgan fingerprint density at radius 2 is 2.22 bits per heavy atom. The molecule has 0 bridgehead atoms. The van der Waals surface area contributed by atoms with E-state index in [-0.39, 0.29) is 6.04 Å². The lowest BCUT2D eigenvalue weighted by molar-refractivity contribution is 0.177. The van der Waals surface area contributed by atoms with Crippen LogP contribution in [0.5, 0.6) is 0 Å². The molecule has 3 heterocycles. The van der Waals surface area contributed by atoms with E-state index >= 15 is 0 Å². The molecule has 0 unspecified atom stereocenters. The molecule has 2 aliphatic rings. The smallest absolute Gasteiger partial charge is 0.245 e. The summed E-state index contributed by atoms with van der Waals surface area (Å²) in [6.07, 6.45) is 5.66. The molecular weight excluding hydrogens is 292 g/mol. The molecule has 1 saturated heterocycles. The fourth-order valence-corrected chi connectivity index (χ4v) is 3.00. The molecule has 1 atom stereocenters. The van der Waals surface area contributed by atoms with E-state index in [4.69, 9.17) is 4.52 Å². The van der Waals surface area contributed by atoms with Crippen LogP contribution in [0.15, 0.2) is 23.0 Å². The molecular formula is C16H18N6O. The van der Waals surface area contributed by atoms with Gasteiger partial charge in [0.15, 0.2) is 5.82 Å². The van der Waals surface area contributed by atoms with Crippen LogP contribution in [0, 0.1) is 11.3 Å². The zero-order valence-corrected chi connectivity index (χ0v) is 13.0. The first-order valence-electron chi connectivity index (χ1n) is 7.89. The van der Waals surface area contributed by atoms with Gasteiger partial charge >= 0.3 is 0 Å². The Hall–Kier alpha value is -2.46. The Kier molecular flexibility index (Phi) is 3.46. The van der Waals surface area contributed by atoms with Crippen LogP contribution in [0.3, 0.4) is 0 Å². The number of pyridine rings is 1. The van der Waals surface area contributed by atoms with Gasteiger partial charge in [0.25, 0.3) is 0 Å². The van der Waals surface area contributed by atoms with Crippen LogP contribution in [0.1, 0.15) is 42.1 Å². The molecule has 1 aliphatic heterocycles. The standard InChI is InChI=1S/C16H18N6O/c1-21-6-7-22(13-4-5-18-9-12(13)8-17)10-14(21)16-19-15(20-23-16)11-2-3-11/h4-5,9,11,14H,2-3,6-7,10H2,1H3/t14-/m0/s1. The minimum Gasteiger partial charge on any atom is -0.367 e. The maximum absolute atomic E-state index is 9.29. The molecule has 4 rings (SSSR count). The van der Waals surface area contributed by atoms with E-state index < -0.39 is 0 Å². The van der Waals surface area contributed by atoms with Crippen LogP contribution < -0.4 is 4.90 Å². The van der Waals surface area contributed by atoms with Crippen molar-refractivity contribution in [2.45, 2.75) is 24.8 Å². The molecule has 118 valence electrons. The fourth-order valence-electron chi connectivity index (χ4n) is 3.00. The second kappa shape index (κ2) is 5.63. The monoisotopic (exact) mass is 310 g/mol. The van der Waals surface area contributed by atoms with Gasteiger partial charge in [-0.1, -0.05) is 5.16 Å². The molecule has 7 heteroatoms. The number of hydrogen-bond donors (Lipinski definition) is 0. The molecule has 0 spiro atoms. The van der Waals surface area contributed by atoms with E-state index in [1.807, 2.05) is 6.07 Å². The van der Waals surface area contributed by atoms with Crippen molar-refractivity contribution in [2.24, 2.45) is 0 Å². The Labute approximate surface area is 134 Å². The highest BCUT2D eigenvalue weighted by Crippen LogP contribution is 2.39. The molecule has 1 aliphatic carbocycles. The molecule has 1 saturated carbocycles. The highest BCUT2D eigenvalue weighted by molar-refractivity contribution is 5.58. The third-order valence-electron chi connectivity index (χ3n) is 4.59. The highest BCUT2D eigenvalue weighted by Gasteiger charge is 2.34. The van der Waals surface area contributed by atoms with Crippen molar-refractivity contribution in [1.82, 2.24) is 20.0 Å². The van der Waals surface area contributed by atoms with Gasteiger partial charge in [0.2, 0.25) is 5.89 Å². The SMILES string of the molecule is CN1CCN(c2ccncc2C#N)C[C@H]1c1nc(C2CC2)no1. The minimum atomic E-state index is 0.0449. The van der Waals surface area contributed by atoms with Crippen LogP contribution in [0.25, 0.3) is 0 Å². The first-order valence-corrected chi connectivity index (χ1v) is 7.89. The number of anilines is 1. The maximum Gasteiger partial charge on any atom is 0.245 e. The predicted molar refractivity (Wildman–Crippen MR) is 82.8 cm³/mol. The van der Waals surface area contributed by atoms with Gasteiger partial charge in [-0.15, -0.1) is 0 Å². The van der Waals surface area contributed by atoms with Crippen molar-refractivity contribution < 1.29 is 4.52 Å². The van der Waals surface area contributed by atoms with Gasteiger partial charge in [-0.25, -0.2) is 0 Å². The van der Waals surface area contributed by atoms with Gasteiger partial charge in [0.05, 0.1) is 11.3 Å². The zero-order chi connectivity index (χ0) is 15.8. The molecule has 2 fully saturated rings. The first kappa shape index (κ1) is 14.2. The van der Waals surface area contributed by atoms with Gasteiger partial charge in [-0.3, -0.25) is 9.88 Å². The van der Waals surface area contributed by atoms with E-state index in [0.29, 0.717) is 17.4 Å². The number of piperazine rings is 1. The summed E-state index contributed by atoms with van der Waals surface area (Å²) < 4.78 is 5.51. The summed E-state index contributed by atoms with van der Waals surface area (Å²) in [4.78, 5) is 13.1. The van der Waals surface area contributed by atoms with Crippen molar-refractivity contribution >= 4 is 5.69 Å². The number of likely N-dealkylation sites (N-methyl/N-ethyl adjacent to an activating group) is 1. The topological polar surface area (TPSA) is 82.1 Å². The van der Waals surface area contributed by atoms with E-state index in [0.717, 1.165) is 44.0 Å². The lowest BCUT2D eigenvalue weighted by Gasteiger charge is -2.39. The molecule has 2 aromatic heterocycles. The van der Waals surface area contributed by atoms with Gasteiger partial charge in [0.1, 0.15) is 12.1 Å². The van der Waals surface area contributed by atoms with Gasteiger partial charge in [-0.05, 0) is 26.0 Å². The predicted octanol–water partition coefficient (Wildman–Crippen LogP) is 1.71. The van der Waals surface area contributed by atoms with E-state index in [1.165, 1.54) is 0 Å². The quantitative estimate of drug-likeness (QED) is 0.853. The maximum atomic E-state index is 9.29. The second-order valence-corrected chi connectivity index (χ2v) is 6.21. The lowest BCUT2D eigenvalue weighted by atomic mass is 10.1. The highest BCUT2D eigenvalue weighted by atomic mass is 16.5. The Morgan fingerprint density at radius 1 is 1.35 bits per heavy atom. The van der Waals surface area contributed by atoms with Crippen LogP contribution in [-0.2, 0) is 0 Å². The summed E-state index contributed by atoms with van der Waals surface area (Å²) in [5.41, 5.74) is 1.52. The van der Waals surface area contributed by atoms with Gasteiger partial charge in [-0.2, -0.15) is 10.2 Å². The van der Waals surface area contributed by atoms with E-state index in [9.17, 15) is 5.26 Å². The van der Waals surface area contributed by atoms with Crippen LogP contribution in [0.4, 0.5) is 5.69 Å². The lowest BCUT2D eigenvalue weighted by Crippen LogP contribution is -2.47. The summed E-state index contributed by atoms with van der Waals surface area (Å²) in [6, 6.07) is 4.15. The van der Waals surface area contributed by atoms with Crippen molar-refractivity contribution in [1.29, 1.82) is 5.26 Å². The molecule has 2 aromatic rings. The van der Waals surface area contributed by atoms with Crippen LogP contribution >= 0.6 is 0 Å². The average molecular weight is 310 g/mol. The van der Waals surface area contributed by atoms with Crippen molar-refractivity contribution in [3.05, 3.63) is 35.7 Å². The summed E-state index contributed by atoms with van der Waals surface area (Å²) in [7, 11) is 2.07. The average Bonchev–Trinajstić information content (AvgIpc) is 3.33. The van der Waals surface area contributed by atoms with Crippen LogP contribution in [0.2, 0.25) is 0 Å². The number of rotatable bonds is 3. The van der Waals surface area contributed by atoms with Crippen molar-refractivity contribution in [3.63, 3.8) is 0 Å². The van der Waals surface area contributed by atoms with Crippen LogP contribution in [-0.4, -0.2) is 46.7 Å². The summed E-state index contributed by atoms with van der Waals surface area (Å²) >= 11 is 0.